The van der Waals surface area contributed by atoms with Crippen LogP contribution in [0, 0.1) is 13.8 Å². The maximum Gasteiger partial charge on any atom is 0.211 e. The zero-order valence-electron chi connectivity index (χ0n) is 16.6. The van der Waals surface area contributed by atoms with Crippen LogP contribution >= 0.6 is 0 Å². The smallest absolute Gasteiger partial charge is 0.211 e. The van der Waals surface area contributed by atoms with Crippen LogP contribution in [-0.2, 0) is 5.41 Å². The molecule has 2 heterocycles. The Labute approximate surface area is 161 Å². The van der Waals surface area contributed by atoms with Crippen LogP contribution in [0.3, 0.4) is 0 Å². The van der Waals surface area contributed by atoms with Crippen LogP contribution in [0.4, 0.5) is 5.69 Å². The molecular weight excluding hydrogens is 330 g/mol. The van der Waals surface area contributed by atoms with E-state index in [0.29, 0.717) is 0 Å². The highest BCUT2D eigenvalue weighted by Crippen LogP contribution is 2.55. The van der Waals surface area contributed by atoms with Gasteiger partial charge in [0.2, 0.25) is 5.72 Å². The van der Waals surface area contributed by atoms with Crippen molar-refractivity contribution in [3.05, 3.63) is 76.9 Å². The number of likely N-dealkylation sites (N-methyl/N-ethyl adjacent to an activating group) is 1. The first-order valence-corrected chi connectivity index (χ1v) is 9.61. The molecule has 0 aliphatic carbocycles. The Morgan fingerprint density at radius 2 is 1.67 bits per heavy atom. The van der Waals surface area contributed by atoms with E-state index in [4.69, 9.17) is 4.74 Å². The van der Waals surface area contributed by atoms with Gasteiger partial charge >= 0.3 is 0 Å². The monoisotopic (exact) mass is 355 g/mol. The summed E-state index contributed by atoms with van der Waals surface area (Å²) in [6, 6.07) is 17.4. The minimum absolute atomic E-state index is 0.180. The topological polar surface area (TPSA) is 12.5 Å². The molecule has 5 rings (SSSR count). The maximum absolute atomic E-state index is 6.92. The van der Waals surface area contributed by atoms with Gasteiger partial charge in [0.1, 0.15) is 5.75 Å². The average Bonchev–Trinajstić information content (AvgIpc) is 2.81. The second-order valence-corrected chi connectivity index (χ2v) is 8.47. The Bertz CT molecular complexity index is 1120. The van der Waals surface area contributed by atoms with Crippen molar-refractivity contribution in [2.24, 2.45) is 0 Å². The maximum atomic E-state index is 6.92. The van der Waals surface area contributed by atoms with Gasteiger partial charge in [0.15, 0.2) is 0 Å². The van der Waals surface area contributed by atoms with Crippen molar-refractivity contribution in [2.75, 3.05) is 11.9 Å². The second-order valence-electron chi connectivity index (χ2n) is 8.47. The summed E-state index contributed by atoms with van der Waals surface area (Å²) in [5, 5.41) is 2.38. The Hall–Kier alpha value is -2.74. The SMILES string of the molecule is Cc1cc2c(cc1C)C(C)(C)C1(C=Cc3ccc4ccccc4c3O1)N2C. The molecular formula is C25H25NO. The van der Waals surface area contributed by atoms with Crippen molar-refractivity contribution in [1.29, 1.82) is 0 Å². The lowest BCUT2D eigenvalue weighted by atomic mass is 9.75. The molecule has 2 aliphatic heterocycles. The first-order valence-electron chi connectivity index (χ1n) is 9.61. The molecule has 0 fully saturated rings. The number of hydrogen-bond donors (Lipinski definition) is 0. The molecule has 0 radical (unpaired) electrons. The summed E-state index contributed by atoms with van der Waals surface area (Å²) in [5.41, 5.74) is 5.69. The Morgan fingerprint density at radius 1 is 0.926 bits per heavy atom. The first kappa shape index (κ1) is 16.4. The van der Waals surface area contributed by atoms with Crippen molar-refractivity contribution < 1.29 is 4.74 Å². The van der Waals surface area contributed by atoms with Crippen molar-refractivity contribution in [3.63, 3.8) is 0 Å². The van der Waals surface area contributed by atoms with Crippen LogP contribution < -0.4 is 9.64 Å². The van der Waals surface area contributed by atoms with Crippen LogP contribution in [0.2, 0.25) is 0 Å². The molecule has 0 aromatic heterocycles. The summed E-state index contributed by atoms with van der Waals surface area (Å²) in [6.07, 6.45) is 4.48. The molecule has 2 aliphatic rings. The number of fused-ring (bicyclic) bond motifs is 4. The quantitative estimate of drug-likeness (QED) is 0.491. The third kappa shape index (κ3) is 1.96. The highest BCUT2D eigenvalue weighted by atomic mass is 16.5. The van der Waals surface area contributed by atoms with Gasteiger partial charge in [-0.3, -0.25) is 0 Å². The van der Waals surface area contributed by atoms with E-state index in [1.54, 1.807) is 0 Å². The standard InChI is InChI=1S/C25H25NO/c1-16-14-21-22(15-17(16)2)26(5)25(24(21,3)4)13-12-19-11-10-18-8-6-7-9-20(18)23(19)27-25/h6-15H,1-5H3. The molecule has 0 saturated carbocycles. The third-order valence-electron chi connectivity index (χ3n) is 6.70. The summed E-state index contributed by atoms with van der Waals surface area (Å²) < 4.78 is 6.92. The van der Waals surface area contributed by atoms with Crippen LogP contribution in [-0.4, -0.2) is 12.8 Å². The van der Waals surface area contributed by atoms with E-state index < -0.39 is 5.72 Å². The summed E-state index contributed by atoms with van der Waals surface area (Å²) in [6.45, 7) is 8.97. The molecule has 27 heavy (non-hydrogen) atoms. The summed E-state index contributed by atoms with van der Waals surface area (Å²) in [4.78, 5) is 2.32. The Morgan fingerprint density at radius 3 is 2.48 bits per heavy atom. The van der Waals surface area contributed by atoms with E-state index >= 15 is 0 Å². The number of anilines is 1. The highest BCUT2D eigenvalue weighted by molar-refractivity contribution is 5.93. The number of ether oxygens (including phenoxy) is 1. The second kappa shape index (κ2) is 5.16. The van der Waals surface area contributed by atoms with E-state index in [2.05, 4.69) is 100 Å². The van der Waals surface area contributed by atoms with Gasteiger partial charge in [-0.2, -0.15) is 0 Å². The van der Waals surface area contributed by atoms with Gasteiger partial charge in [-0.05, 0) is 68.0 Å². The van der Waals surface area contributed by atoms with Gasteiger partial charge in [0.05, 0.1) is 5.41 Å². The fraction of sp³-hybridized carbons (Fsp3) is 0.280. The lowest BCUT2D eigenvalue weighted by Gasteiger charge is -2.46. The minimum atomic E-state index is -0.535. The zero-order chi connectivity index (χ0) is 19.0. The zero-order valence-corrected chi connectivity index (χ0v) is 16.6. The lowest BCUT2D eigenvalue weighted by molar-refractivity contribution is 0.0598. The van der Waals surface area contributed by atoms with Crippen LogP contribution in [0.5, 0.6) is 5.75 Å². The van der Waals surface area contributed by atoms with Crippen LogP contribution in [0.1, 0.15) is 36.1 Å². The molecule has 1 atom stereocenters. The summed E-state index contributed by atoms with van der Waals surface area (Å²) in [5.74, 6) is 0.983. The molecule has 2 heteroatoms. The highest BCUT2D eigenvalue weighted by Gasteiger charge is 2.57. The normalized spacial score (nSPS) is 22.0. The molecule has 0 amide bonds. The third-order valence-corrected chi connectivity index (χ3v) is 6.70. The van der Waals surface area contributed by atoms with Crippen LogP contribution in [0.25, 0.3) is 16.8 Å². The number of rotatable bonds is 0. The number of nitrogens with zero attached hydrogens (tertiary/aromatic N) is 1. The predicted octanol–water partition coefficient (Wildman–Crippen LogP) is 5.99. The van der Waals surface area contributed by atoms with E-state index in [9.17, 15) is 0 Å². The van der Waals surface area contributed by atoms with E-state index in [0.717, 1.165) is 11.3 Å². The first-order chi connectivity index (χ1) is 12.8. The number of aryl methyl sites for hydroxylation is 2. The van der Waals surface area contributed by atoms with Gasteiger partial charge in [0, 0.05) is 23.7 Å². The molecule has 136 valence electrons. The van der Waals surface area contributed by atoms with Gasteiger partial charge in [-0.1, -0.05) is 42.5 Å². The van der Waals surface area contributed by atoms with Gasteiger partial charge < -0.3 is 9.64 Å². The molecule has 1 spiro atoms. The van der Waals surface area contributed by atoms with Crippen LogP contribution in [0.15, 0.2) is 54.6 Å². The van der Waals surface area contributed by atoms with Crippen molar-refractivity contribution in [3.8, 4) is 5.75 Å². The summed E-state index contributed by atoms with van der Waals surface area (Å²) in [7, 11) is 2.16. The number of hydrogen-bond acceptors (Lipinski definition) is 2. The molecule has 1 unspecified atom stereocenters. The van der Waals surface area contributed by atoms with Gasteiger partial charge in [-0.25, -0.2) is 0 Å². The van der Waals surface area contributed by atoms with Gasteiger partial charge in [0.25, 0.3) is 0 Å². The average molecular weight is 355 g/mol. The molecule has 2 nitrogen and oxygen atoms in total. The van der Waals surface area contributed by atoms with Gasteiger partial charge in [-0.15, -0.1) is 0 Å². The minimum Gasteiger partial charge on any atom is -0.462 e. The fourth-order valence-electron chi connectivity index (χ4n) is 4.78. The van der Waals surface area contributed by atoms with Crippen molar-refractivity contribution >= 4 is 22.5 Å². The largest absolute Gasteiger partial charge is 0.462 e. The Kier molecular flexibility index (Phi) is 3.14. The van der Waals surface area contributed by atoms with E-state index in [-0.39, 0.29) is 5.41 Å². The predicted molar refractivity (Wildman–Crippen MR) is 114 cm³/mol. The molecule has 0 N–H and O–H groups in total. The molecule has 3 aromatic carbocycles. The fourth-order valence-corrected chi connectivity index (χ4v) is 4.78. The molecule has 0 bridgehead atoms. The summed E-state index contributed by atoms with van der Waals surface area (Å²) >= 11 is 0. The van der Waals surface area contributed by atoms with E-state index in [1.807, 2.05) is 0 Å². The number of benzene rings is 3. The molecule has 3 aromatic rings. The van der Waals surface area contributed by atoms with Crippen molar-refractivity contribution in [2.45, 2.75) is 38.8 Å². The lowest BCUT2D eigenvalue weighted by Crippen LogP contribution is -2.58. The van der Waals surface area contributed by atoms with Crippen molar-refractivity contribution in [1.82, 2.24) is 0 Å². The molecule has 0 saturated heterocycles. The Balaban J connectivity index is 1.74. The van der Waals surface area contributed by atoms with E-state index in [1.165, 1.54) is 33.2 Å².